The molecule has 5 heteroatoms. The van der Waals surface area contributed by atoms with Crippen LogP contribution >= 0.6 is 0 Å². The topological polar surface area (TPSA) is 56.1 Å². The largest absolute Gasteiger partial charge is 0.453 e. The number of benzene rings is 1. The van der Waals surface area contributed by atoms with Crippen LogP contribution in [0.1, 0.15) is 5.56 Å². The lowest BCUT2D eigenvalue weighted by molar-refractivity contribution is 0.186. The van der Waals surface area contributed by atoms with Crippen LogP contribution in [0.25, 0.3) is 0 Å². The van der Waals surface area contributed by atoms with E-state index in [0.717, 1.165) is 5.56 Å². The molecule has 0 saturated heterocycles. The van der Waals surface area contributed by atoms with Gasteiger partial charge in [0.1, 0.15) is 5.82 Å². The molecule has 0 atom stereocenters. The van der Waals surface area contributed by atoms with Crippen molar-refractivity contribution < 1.29 is 9.53 Å². The smallest absolute Gasteiger partial charge is 0.412 e. The van der Waals surface area contributed by atoms with E-state index in [4.69, 9.17) is 0 Å². The van der Waals surface area contributed by atoms with Gasteiger partial charge in [0.2, 0.25) is 0 Å². The van der Waals surface area contributed by atoms with Gasteiger partial charge >= 0.3 is 6.09 Å². The molecule has 5 nitrogen and oxygen atoms in total. The van der Waals surface area contributed by atoms with E-state index in [-0.39, 0.29) is 0 Å². The van der Waals surface area contributed by atoms with Gasteiger partial charge in [-0.25, -0.2) is 9.48 Å². The molecule has 1 amide bonds. The summed E-state index contributed by atoms with van der Waals surface area (Å²) in [5.41, 5.74) is 1.11. The van der Waals surface area contributed by atoms with Gasteiger partial charge in [0.15, 0.2) is 0 Å². The second kappa shape index (κ2) is 5.16. The number of nitrogens with zero attached hydrogens (tertiary/aromatic N) is 2. The molecule has 2 rings (SSSR count). The minimum atomic E-state index is -0.500. The number of rotatable bonds is 3. The summed E-state index contributed by atoms with van der Waals surface area (Å²) in [6, 6.07) is 11.6. The van der Waals surface area contributed by atoms with Crippen LogP contribution in [0.3, 0.4) is 0 Å². The quantitative estimate of drug-likeness (QED) is 0.880. The number of anilines is 1. The molecule has 1 heterocycles. The highest BCUT2D eigenvalue weighted by Gasteiger charge is 2.06. The number of aromatic nitrogens is 2. The predicted octanol–water partition coefficient (Wildman–Crippen LogP) is 2.11. The zero-order valence-electron chi connectivity index (χ0n) is 9.46. The lowest BCUT2D eigenvalue weighted by Crippen LogP contribution is -2.15. The van der Waals surface area contributed by atoms with E-state index in [1.165, 1.54) is 7.11 Å². The molecule has 0 saturated carbocycles. The monoisotopic (exact) mass is 231 g/mol. The molecule has 0 unspecified atom stereocenters. The molecule has 0 radical (unpaired) electrons. The average Bonchev–Trinajstić information content (AvgIpc) is 2.78. The van der Waals surface area contributed by atoms with Crippen molar-refractivity contribution in [3.05, 3.63) is 48.2 Å². The Morgan fingerprint density at radius 3 is 2.82 bits per heavy atom. The van der Waals surface area contributed by atoms with Crippen molar-refractivity contribution in [2.24, 2.45) is 0 Å². The summed E-state index contributed by atoms with van der Waals surface area (Å²) >= 11 is 0. The number of carbonyl (C=O) groups excluding carboxylic acids is 1. The van der Waals surface area contributed by atoms with Crippen LogP contribution in [0, 0.1) is 0 Å². The van der Waals surface area contributed by atoms with Crippen LogP contribution in [0.5, 0.6) is 0 Å². The van der Waals surface area contributed by atoms with Gasteiger partial charge in [-0.3, -0.25) is 5.32 Å². The minimum absolute atomic E-state index is 0.500. The SMILES string of the molecule is COC(=O)Nc1ccnn1Cc1ccccc1. The van der Waals surface area contributed by atoms with Crippen molar-refractivity contribution in [3.63, 3.8) is 0 Å². The molecule has 0 spiro atoms. The fourth-order valence-corrected chi connectivity index (χ4v) is 1.48. The van der Waals surface area contributed by atoms with E-state index in [1.807, 2.05) is 30.3 Å². The van der Waals surface area contributed by atoms with E-state index in [9.17, 15) is 4.79 Å². The van der Waals surface area contributed by atoms with Crippen molar-refractivity contribution in [1.29, 1.82) is 0 Å². The first-order valence-electron chi connectivity index (χ1n) is 5.20. The first-order valence-corrected chi connectivity index (χ1v) is 5.20. The number of hydrogen-bond acceptors (Lipinski definition) is 3. The summed E-state index contributed by atoms with van der Waals surface area (Å²) in [4.78, 5) is 11.1. The van der Waals surface area contributed by atoms with Gasteiger partial charge in [-0.2, -0.15) is 5.10 Å². The van der Waals surface area contributed by atoms with Crippen LogP contribution in [0.4, 0.5) is 10.6 Å². The highest BCUT2D eigenvalue weighted by Crippen LogP contribution is 2.10. The van der Waals surface area contributed by atoms with Crippen molar-refractivity contribution in [2.75, 3.05) is 12.4 Å². The van der Waals surface area contributed by atoms with Crippen molar-refractivity contribution in [3.8, 4) is 0 Å². The third-order valence-corrected chi connectivity index (χ3v) is 2.31. The second-order valence-electron chi connectivity index (χ2n) is 3.48. The Morgan fingerprint density at radius 1 is 1.35 bits per heavy atom. The lowest BCUT2D eigenvalue weighted by atomic mass is 10.2. The summed E-state index contributed by atoms with van der Waals surface area (Å²) in [5, 5.41) is 6.74. The number of methoxy groups -OCH3 is 1. The maximum atomic E-state index is 11.1. The molecule has 0 aliphatic rings. The number of amides is 1. The van der Waals surface area contributed by atoms with Gasteiger partial charge in [-0.05, 0) is 5.56 Å². The van der Waals surface area contributed by atoms with Crippen LogP contribution < -0.4 is 5.32 Å². The summed E-state index contributed by atoms with van der Waals surface area (Å²) in [6.07, 6.45) is 1.13. The van der Waals surface area contributed by atoms with E-state index in [0.29, 0.717) is 12.4 Å². The maximum Gasteiger partial charge on any atom is 0.412 e. The molecule has 0 bridgehead atoms. The highest BCUT2D eigenvalue weighted by molar-refractivity contribution is 5.83. The summed E-state index contributed by atoms with van der Waals surface area (Å²) in [5.74, 6) is 0.612. The Hall–Kier alpha value is -2.30. The van der Waals surface area contributed by atoms with Gasteiger partial charge < -0.3 is 4.74 Å². The second-order valence-corrected chi connectivity index (χ2v) is 3.48. The molecule has 0 fully saturated rings. The molecular weight excluding hydrogens is 218 g/mol. The molecule has 2 aromatic rings. The fraction of sp³-hybridized carbons (Fsp3) is 0.167. The standard InChI is InChI=1S/C12H13N3O2/c1-17-12(16)14-11-7-8-13-15(11)9-10-5-3-2-4-6-10/h2-8H,9H2,1H3,(H,14,16). The molecule has 0 aliphatic heterocycles. The third kappa shape index (κ3) is 2.84. The molecule has 1 aromatic heterocycles. The van der Waals surface area contributed by atoms with E-state index >= 15 is 0 Å². The summed E-state index contributed by atoms with van der Waals surface area (Å²) < 4.78 is 6.24. The molecule has 88 valence electrons. The Bertz CT molecular complexity index is 493. The molecule has 17 heavy (non-hydrogen) atoms. The first kappa shape index (κ1) is 11.2. The number of ether oxygens (including phenoxy) is 1. The Morgan fingerprint density at radius 2 is 2.12 bits per heavy atom. The number of hydrogen-bond donors (Lipinski definition) is 1. The zero-order chi connectivity index (χ0) is 12.1. The van der Waals surface area contributed by atoms with Gasteiger partial charge in [0, 0.05) is 6.07 Å². The maximum absolute atomic E-state index is 11.1. The van der Waals surface area contributed by atoms with Crippen molar-refractivity contribution in [2.45, 2.75) is 6.54 Å². The van der Waals surface area contributed by atoms with Crippen LogP contribution in [0.2, 0.25) is 0 Å². The first-order chi connectivity index (χ1) is 8.29. The highest BCUT2D eigenvalue weighted by atomic mass is 16.5. The number of nitrogens with one attached hydrogen (secondary N) is 1. The van der Waals surface area contributed by atoms with Crippen molar-refractivity contribution >= 4 is 11.9 Å². The average molecular weight is 231 g/mol. The Kier molecular flexibility index (Phi) is 3.40. The summed E-state index contributed by atoms with van der Waals surface area (Å²) in [6.45, 7) is 0.604. The summed E-state index contributed by atoms with van der Waals surface area (Å²) in [7, 11) is 1.33. The van der Waals surface area contributed by atoms with Gasteiger partial charge in [0.25, 0.3) is 0 Å². The zero-order valence-corrected chi connectivity index (χ0v) is 9.46. The van der Waals surface area contributed by atoms with Gasteiger partial charge in [-0.1, -0.05) is 30.3 Å². The third-order valence-electron chi connectivity index (χ3n) is 2.31. The molecule has 1 aromatic carbocycles. The van der Waals surface area contributed by atoms with Crippen LogP contribution in [0.15, 0.2) is 42.6 Å². The van der Waals surface area contributed by atoms with Crippen LogP contribution in [-0.4, -0.2) is 23.0 Å². The Labute approximate surface area is 99.0 Å². The molecular formula is C12H13N3O2. The fourth-order valence-electron chi connectivity index (χ4n) is 1.48. The van der Waals surface area contributed by atoms with Gasteiger partial charge in [0.05, 0.1) is 19.9 Å². The van der Waals surface area contributed by atoms with Crippen molar-refractivity contribution in [1.82, 2.24) is 9.78 Å². The van der Waals surface area contributed by atoms with E-state index in [1.54, 1.807) is 16.9 Å². The van der Waals surface area contributed by atoms with E-state index in [2.05, 4.69) is 15.2 Å². The Balaban J connectivity index is 2.12. The normalized spacial score (nSPS) is 9.94. The molecule has 0 aliphatic carbocycles. The van der Waals surface area contributed by atoms with Gasteiger partial charge in [-0.15, -0.1) is 0 Å². The lowest BCUT2D eigenvalue weighted by Gasteiger charge is -2.08. The van der Waals surface area contributed by atoms with Crippen LogP contribution in [-0.2, 0) is 11.3 Å². The number of carbonyl (C=O) groups is 1. The van der Waals surface area contributed by atoms with E-state index < -0.39 is 6.09 Å². The minimum Gasteiger partial charge on any atom is -0.453 e. The molecule has 1 N–H and O–H groups in total. The predicted molar refractivity (Wildman–Crippen MR) is 63.8 cm³/mol.